The highest BCUT2D eigenvalue weighted by atomic mass is 79.9. The number of aldehydes is 1. The second kappa shape index (κ2) is 32.3. The van der Waals surface area contributed by atoms with Crippen molar-refractivity contribution >= 4 is 55.7 Å². The summed E-state index contributed by atoms with van der Waals surface area (Å²) >= 11 is 6.88. The number of nitrogens with two attached hydrogens (primary N) is 1. The number of piperazine rings is 2. The number of carbonyl (C=O) groups excluding carboxylic acids is 1. The first-order valence-electron chi connectivity index (χ1n) is 28.8. The lowest BCUT2D eigenvalue weighted by Crippen LogP contribution is -2.56. The van der Waals surface area contributed by atoms with Gasteiger partial charge in [0.25, 0.3) is 0 Å². The topological polar surface area (TPSA) is 160 Å². The molecule has 0 radical (unpaired) electrons. The Morgan fingerprint density at radius 1 is 0.523 bits per heavy atom. The van der Waals surface area contributed by atoms with E-state index in [2.05, 4.69) is 126 Å². The van der Waals surface area contributed by atoms with Gasteiger partial charge in [-0.2, -0.15) is 4.98 Å². The Labute approximate surface area is 519 Å². The summed E-state index contributed by atoms with van der Waals surface area (Å²) in [4.78, 5) is 30.9. The summed E-state index contributed by atoms with van der Waals surface area (Å²) in [5.74, 6) is -2.24. The van der Waals surface area contributed by atoms with Crippen LogP contribution in [-0.2, 0) is 27.3 Å². The Morgan fingerprint density at radius 2 is 0.953 bits per heavy atom. The quantitative estimate of drug-likeness (QED) is 0.0878. The standard InChI is InChI=1S/C23H26F2N6O.C15H21BrN2O.C8H7BrO.C8H6F2N4.C8H15NO.CH4/c1-16-6-17(12-29-2-4-30(5-3-29)22-13-32-14-22)8-20(7-16)27-23-26-15-31(28-23)21-10-18(24)9-19(25)11-21;1-12-6-13(8-14(16)7-12)9-17-2-4-18(5-3-17)15-10-19-11-15;1-6-2-7(5-10)4-8(9)3-6;9-5-1-6(10)3-7(2-5)14-4-12-8(11)13-14;1-2-4-9(5-3-1)8-6-10-7-8;/h6-11,15,22H,2-5,12-14H2,1H3,(H,27,28);6-8,15H,2-5,9-11H2,1H3;2-5H,1H3;1-4H,(H2,11,13);8H,1-7H2;1H4. The van der Waals surface area contributed by atoms with E-state index in [0.29, 0.717) is 23.6 Å². The van der Waals surface area contributed by atoms with E-state index in [9.17, 15) is 22.4 Å². The number of ether oxygens (including phenoxy) is 3. The molecule has 0 aliphatic carbocycles. The summed E-state index contributed by atoms with van der Waals surface area (Å²) in [7, 11) is 0. The largest absolute Gasteiger partial charge is 0.378 e. The van der Waals surface area contributed by atoms with Gasteiger partial charge in [-0.3, -0.25) is 29.3 Å². The number of carbonyl (C=O) groups is 1. The molecule has 7 aromatic rings. The molecule has 6 fully saturated rings. The smallest absolute Gasteiger partial charge is 0.246 e. The summed E-state index contributed by atoms with van der Waals surface area (Å²) in [6.45, 7) is 25.3. The second-order valence-electron chi connectivity index (χ2n) is 22.3. The molecule has 0 atom stereocenters. The van der Waals surface area contributed by atoms with Gasteiger partial charge in [0, 0.05) is 97.8 Å². The summed E-state index contributed by atoms with van der Waals surface area (Å²) in [6.07, 6.45) is 7.79. The lowest BCUT2D eigenvalue weighted by atomic mass is 10.1. The van der Waals surface area contributed by atoms with Crippen molar-refractivity contribution in [3.05, 3.63) is 169 Å². The van der Waals surface area contributed by atoms with Gasteiger partial charge >= 0.3 is 0 Å². The molecular formula is C63H79Br2F4N13O4. The maximum Gasteiger partial charge on any atom is 0.246 e. The zero-order valence-electron chi connectivity index (χ0n) is 48.4. The Kier molecular flexibility index (Phi) is 24.8. The molecule has 6 aliphatic heterocycles. The average Bonchev–Trinajstić information content (AvgIpc) is 3.30. The monoisotopic (exact) mass is 1320 g/mol. The van der Waals surface area contributed by atoms with Crippen molar-refractivity contribution in [3.8, 4) is 11.4 Å². The van der Waals surface area contributed by atoms with Crippen LogP contribution >= 0.6 is 31.9 Å². The zero-order valence-corrected chi connectivity index (χ0v) is 51.5. The third-order valence-electron chi connectivity index (χ3n) is 15.3. The lowest BCUT2D eigenvalue weighted by molar-refractivity contribution is -0.0774. The fraction of sp³-hybridized carbons (Fsp3) is 0.444. The van der Waals surface area contributed by atoms with Crippen molar-refractivity contribution in [2.45, 2.75) is 78.7 Å². The number of hydrogen-bond acceptors (Lipinski definition) is 15. The molecule has 0 bridgehead atoms. The van der Waals surface area contributed by atoms with Crippen LogP contribution in [0.5, 0.6) is 0 Å². The van der Waals surface area contributed by atoms with Crippen LogP contribution in [0.1, 0.15) is 64.9 Å². The molecule has 6 aliphatic rings. The van der Waals surface area contributed by atoms with Crippen LogP contribution in [0.3, 0.4) is 0 Å². The first-order valence-corrected chi connectivity index (χ1v) is 30.4. The SMILES string of the molecule is C.C1CCN(C2COC2)CC1.Cc1cc(Br)cc(C=O)c1.Cc1cc(Br)cc(CN2CCN(C3COC3)CC2)c1.Cc1cc(CN2CCN(C3COC3)CC2)cc(Nc2ncn(-c3cc(F)cc(F)c3)n2)c1.Nc1ncn(-c2cc(F)cc(F)c2)n1. The van der Waals surface area contributed by atoms with Crippen molar-refractivity contribution in [2.24, 2.45) is 0 Å². The Hall–Kier alpha value is -5.99. The third kappa shape index (κ3) is 20.0. The van der Waals surface area contributed by atoms with E-state index in [1.54, 1.807) is 6.07 Å². The number of nitrogens with zero attached hydrogens (tertiary/aromatic N) is 11. The molecular weight excluding hydrogens is 1240 g/mol. The van der Waals surface area contributed by atoms with Crippen molar-refractivity contribution in [2.75, 3.05) is 116 Å². The van der Waals surface area contributed by atoms with E-state index in [1.807, 2.05) is 25.1 Å². The van der Waals surface area contributed by atoms with E-state index < -0.39 is 23.3 Å². The zero-order chi connectivity index (χ0) is 59.8. The third-order valence-corrected chi connectivity index (χ3v) is 16.3. The van der Waals surface area contributed by atoms with Crippen LogP contribution in [0.15, 0.2) is 113 Å². The first-order chi connectivity index (χ1) is 41.1. The molecule has 0 spiro atoms. The molecule has 6 saturated heterocycles. The number of halogens is 6. The molecule has 13 rings (SSSR count). The van der Waals surface area contributed by atoms with Crippen molar-refractivity contribution in [3.63, 3.8) is 0 Å². The van der Waals surface area contributed by atoms with E-state index in [4.69, 9.17) is 19.9 Å². The second-order valence-corrected chi connectivity index (χ2v) is 24.1. The minimum Gasteiger partial charge on any atom is -0.378 e. The van der Waals surface area contributed by atoms with Gasteiger partial charge in [-0.05, 0) is 141 Å². The molecule has 0 unspecified atom stereocenters. The molecule has 23 heteroatoms. The highest BCUT2D eigenvalue weighted by Gasteiger charge is 2.30. The summed E-state index contributed by atoms with van der Waals surface area (Å²) in [5, 5.41) is 11.2. The van der Waals surface area contributed by atoms with Crippen molar-refractivity contribution < 1.29 is 36.6 Å². The molecule has 17 nitrogen and oxygen atoms in total. The molecule has 86 heavy (non-hydrogen) atoms. The number of rotatable bonds is 12. The van der Waals surface area contributed by atoms with E-state index in [-0.39, 0.29) is 24.7 Å². The normalized spacial score (nSPS) is 17.9. The van der Waals surface area contributed by atoms with Gasteiger partial charge in [-0.25, -0.2) is 31.9 Å². The Bertz CT molecular complexity index is 3190. The molecule has 0 amide bonds. The summed E-state index contributed by atoms with van der Waals surface area (Å²) in [5.41, 5.74) is 13.6. The van der Waals surface area contributed by atoms with E-state index >= 15 is 0 Å². The molecule has 462 valence electrons. The van der Waals surface area contributed by atoms with Gasteiger partial charge in [0.2, 0.25) is 11.9 Å². The van der Waals surface area contributed by atoms with Crippen LogP contribution in [0.25, 0.3) is 11.4 Å². The van der Waals surface area contributed by atoms with Crippen LogP contribution in [-0.4, -0.2) is 184 Å². The van der Waals surface area contributed by atoms with E-state index in [1.165, 1.54) is 114 Å². The Morgan fingerprint density at radius 3 is 1.38 bits per heavy atom. The minimum absolute atomic E-state index is 0. The van der Waals surface area contributed by atoms with E-state index in [0.717, 1.165) is 137 Å². The van der Waals surface area contributed by atoms with Crippen LogP contribution in [0, 0.1) is 44.0 Å². The predicted molar refractivity (Wildman–Crippen MR) is 334 cm³/mol. The summed E-state index contributed by atoms with van der Waals surface area (Å²) < 4.78 is 73.0. The number of benzene rings is 5. The van der Waals surface area contributed by atoms with Crippen LogP contribution in [0.2, 0.25) is 0 Å². The van der Waals surface area contributed by atoms with Gasteiger partial charge < -0.3 is 25.3 Å². The van der Waals surface area contributed by atoms with Gasteiger partial charge in [-0.1, -0.05) is 57.8 Å². The predicted octanol–water partition coefficient (Wildman–Crippen LogP) is 10.6. The molecule has 8 heterocycles. The van der Waals surface area contributed by atoms with Gasteiger partial charge in [0.05, 0.1) is 69.1 Å². The summed E-state index contributed by atoms with van der Waals surface area (Å²) in [6, 6.07) is 27.0. The molecule has 2 aromatic heterocycles. The number of piperidine rings is 1. The van der Waals surface area contributed by atoms with Gasteiger partial charge in [0.1, 0.15) is 42.2 Å². The number of nitrogen functional groups attached to an aromatic ring is 1. The number of anilines is 3. The van der Waals surface area contributed by atoms with Crippen LogP contribution < -0.4 is 11.1 Å². The fourth-order valence-corrected chi connectivity index (χ4v) is 12.0. The number of hydrogen-bond donors (Lipinski definition) is 2. The molecule has 3 N–H and O–H groups in total. The average molecular weight is 1320 g/mol. The number of likely N-dealkylation sites (tertiary alicyclic amines) is 1. The number of nitrogens with one attached hydrogen (secondary N) is 1. The van der Waals surface area contributed by atoms with Crippen LogP contribution in [0.4, 0.5) is 35.1 Å². The maximum absolute atomic E-state index is 13.5. The highest BCUT2D eigenvalue weighted by Crippen LogP contribution is 2.24. The minimum atomic E-state index is -0.672. The molecule has 0 saturated carbocycles. The fourth-order valence-electron chi connectivity index (χ4n) is 10.8. The lowest BCUT2D eigenvalue weighted by Gasteiger charge is -2.42. The molecule has 5 aromatic carbocycles. The Balaban J connectivity index is 0.000000151. The number of aromatic nitrogens is 6. The van der Waals surface area contributed by atoms with Gasteiger partial charge in [0.15, 0.2) is 0 Å². The van der Waals surface area contributed by atoms with Gasteiger partial charge in [-0.15, -0.1) is 10.2 Å². The first kappa shape index (κ1) is 66.0. The number of aryl methyl sites for hydroxylation is 3. The van der Waals surface area contributed by atoms with Crippen molar-refractivity contribution in [1.29, 1.82) is 0 Å². The maximum atomic E-state index is 13.5. The highest BCUT2D eigenvalue weighted by molar-refractivity contribution is 9.10. The van der Waals surface area contributed by atoms with Crippen molar-refractivity contribution in [1.82, 2.24) is 54.0 Å².